The Morgan fingerprint density at radius 3 is 2.79 bits per heavy atom. The Balaban J connectivity index is 2.38. The predicted octanol–water partition coefficient (Wildman–Crippen LogP) is 3.40. The second-order valence-electron chi connectivity index (χ2n) is 2.70. The largest absolute Gasteiger partial charge is 0.287 e. The number of rotatable bonds is 2. The Morgan fingerprint density at radius 2 is 2.29 bits per heavy atom. The minimum absolute atomic E-state index is 0.0156. The van der Waals surface area contributed by atoms with Crippen LogP contribution in [0.2, 0.25) is 4.34 Å². The molecule has 0 saturated heterocycles. The van der Waals surface area contributed by atoms with Crippen molar-refractivity contribution < 1.29 is 4.79 Å². The predicted molar refractivity (Wildman–Crippen MR) is 59.6 cm³/mol. The van der Waals surface area contributed by atoms with Gasteiger partial charge in [-0.2, -0.15) is 0 Å². The van der Waals surface area contributed by atoms with Crippen molar-refractivity contribution >= 4 is 40.1 Å². The van der Waals surface area contributed by atoms with Crippen LogP contribution in [0.5, 0.6) is 0 Å². The fourth-order valence-electron chi connectivity index (χ4n) is 1.07. The van der Waals surface area contributed by atoms with Gasteiger partial charge in [-0.25, -0.2) is 4.98 Å². The van der Waals surface area contributed by atoms with Crippen LogP contribution in [0.1, 0.15) is 20.2 Å². The van der Waals surface area contributed by atoms with Crippen molar-refractivity contribution in [3.8, 4) is 0 Å². The highest BCUT2D eigenvalue weighted by atomic mass is 35.5. The van der Waals surface area contributed by atoms with Crippen LogP contribution < -0.4 is 0 Å². The molecule has 0 fully saturated rings. The van der Waals surface area contributed by atoms with E-state index in [4.69, 9.17) is 11.6 Å². The summed E-state index contributed by atoms with van der Waals surface area (Å²) < 4.78 is 0.635. The summed E-state index contributed by atoms with van der Waals surface area (Å²) in [5.74, 6) is 0.0156. The topological polar surface area (TPSA) is 30.0 Å². The Morgan fingerprint density at radius 1 is 1.50 bits per heavy atom. The summed E-state index contributed by atoms with van der Waals surface area (Å²) in [7, 11) is 0. The van der Waals surface area contributed by atoms with E-state index in [0.717, 1.165) is 5.69 Å². The molecule has 5 heteroatoms. The summed E-state index contributed by atoms with van der Waals surface area (Å²) in [5.41, 5.74) is 2.46. The third kappa shape index (κ3) is 1.73. The van der Waals surface area contributed by atoms with Gasteiger partial charge < -0.3 is 0 Å². The van der Waals surface area contributed by atoms with Crippen LogP contribution >= 0.6 is 34.3 Å². The van der Waals surface area contributed by atoms with E-state index in [9.17, 15) is 4.79 Å². The molecule has 2 rings (SSSR count). The normalized spacial score (nSPS) is 10.4. The molecule has 0 aliphatic heterocycles. The summed E-state index contributed by atoms with van der Waals surface area (Å²) in [5, 5.41) is 0. The number of nitrogens with zero attached hydrogens (tertiary/aromatic N) is 1. The smallest absolute Gasteiger partial charge is 0.214 e. The molecule has 0 spiro atoms. The van der Waals surface area contributed by atoms with Gasteiger partial charge in [-0.15, -0.1) is 22.7 Å². The number of aryl methyl sites for hydroxylation is 1. The van der Waals surface area contributed by atoms with Gasteiger partial charge in [0, 0.05) is 0 Å². The fourth-order valence-corrected chi connectivity index (χ4v) is 2.88. The molecule has 72 valence electrons. The Labute approximate surface area is 94.2 Å². The SMILES string of the molecule is Cc1ncsc1C(=O)c1ccc(Cl)s1. The molecular weight excluding hydrogens is 238 g/mol. The lowest BCUT2D eigenvalue weighted by Crippen LogP contribution is -1.97. The van der Waals surface area contributed by atoms with Gasteiger partial charge in [0.2, 0.25) is 5.78 Å². The maximum atomic E-state index is 11.9. The van der Waals surface area contributed by atoms with Gasteiger partial charge in [0.25, 0.3) is 0 Å². The van der Waals surface area contributed by atoms with E-state index in [-0.39, 0.29) is 5.78 Å². The minimum atomic E-state index is 0.0156. The first kappa shape index (κ1) is 9.83. The number of ketones is 1. The van der Waals surface area contributed by atoms with Crippen LogP contribution in [0.25, 0.3) is 0 Å². The van der Waals surface area contributed by atoms with Gasteiger partial charge in [-0.05, 0) is 19.1 Å². The summed E-state index contributed by atoms with van der Waals surface area (Å²) in [6.07, 6.45) is 0. The summed E-state index contributed by atoms with van der Waals surface area (Å²) in [6, 6.07) is 3.48. The maximum absolute atomic E-state index is 11.9. The van der Waals surface area contributed by atoms with Gasteiger partial charge >= 0.3 is 0 Å². The molecule has 2 aromatic rings. The number of carbonyl (C=O) groups excluding carboxylic acids is 1. The minimum Gasteiger partial charge on any atom is -0.287 e. The number of hydrogen-bond donors (Lipinski definition) is 0. The molecule has 2 heterocycles. The summed E-state index contributed by atoms with van der Waals surface area (Å²) in [6.45, 7) is 1.83. The molecule has 0 aliphatic carbocycles. The number of carbonyl (C=O) groups is 1. The lowest BCUT2D eigenvalue weighted by atomic mass is 10.2. The molecule has 0 aromatic carbocycles. The Kier molecular flexibility index (Phi) is 2.67. The molecule has 0 N–H and O–H groups in total. The quantitative estimate of drug-likeness (QED) is 0.757. The zero-order chi connectivity index (χ0) is 10.1. The van der Waals surface area contributed by atoms with E-state index in [1.165, 1.54) is 22.7 Å². The lowest BCUT2D eigenvalue weighted by molar-refractivity contribution is 0.104. The number of thiophene rings is 1. The standard InChI is InChI=1S/C9H6ClNOS2/c1-5-9(13-4-11-5)8(12)6-2-3-7(10)14-6/h2-4H,1H3. The monoisotopic (exact) mass is 243 g/mol. The van der Waals surface area contributed by atoms with E-state index in [1.807, 2.05) is 6.92 Å². The molecule has 0 amide bonds. The van der Waals surface area contributed by atoms with E-state index < -0.39 is 0 Å². The molecule has 2 nitrogen and oxygen atoms in total. The molecule has 0 unspecified atom stereocenters. The first-order chi connectivity index (χ1) is 6.68. The van der Waals surface area contributed by atoms with Gasteiger partial charge in [0.15, 0.2) is 0 Å². The highest BCUT2D eigenvalue weighted by Gasteiger charge is 2.15. The van der Waals surface area contributed by atoms with E-state index in [1.54, 1.807) is 17.6 Å². The van der Waals surface area contributed by atoms with Crippen LogP contribution in [0.3, 0.4) is 0 Å². The molecule has 0 saturated carbocycles. The Hall–Kier alpha value is -0.710. The maximum Gasteiger partial charge on any atom is 0.214 e. The number of halogens is 1. The van der Waals surface area contributed by atoms with Crippen LogP contribution in [0.15, 0.2) is 17.6 Å². The van der Waals surface area contributed by atoms with E-state index >= 15 is 0 Å². The van der Waals surface area contributed by atoms with Crippen LogP contribution in [-0.2, 0) is 0 Å². The molecule has 14 heavy (non-hydrogen) atoms. The van der Waals surface area contributed by atoms with Crippen LogP contribution in [0, 0.1) is 6.92 Å². The van der Waals surface area contributed by atoms with Gasteiger partial charge in [0.1, 0.15) is 0 Å². The van der Waals surface area contributed by atoms with Crippen LogP contribution in [-0.4, -0.2) is 10.8 Å². The lowest BCUT2D eigenvalue weighted by Gasteiger charge is -1.93. The highest BCUT2D eigenvalue weighted by molar-refractivity contribution is 7.19. The summed E-state index contributed by atoms with van der Waals surface area (Å²) in [4.78, 5) is 17.3. The number of aromatic nitrogens is 1. The van der Waals surface area contributed by atoms with Crippen molar-refractivity contribution in [3.63, 3.8) is 0 Å². The average molecular weight is 244 g/mol. The molecular formula is C9H6ClNOS2. The van der Waals surface area contributed by atoms with Gasteiger partial charge in [-0.1, -0.05) is 11.6 Å². The zero-order valence-corrected chi connectivity index (χ0v) is 9.67. The zero-order valence-electron chi connectivity index (χ0n) is 7.28. The number of thiazole rings is 1. The fraction of sp³-hybridized carbons (Fsp3) is 0.111. The average Bonchev–Trinajstić information content (AvgIpc) is 2.73. The second-order valence-corrected chi connectivity index (χ2v) is 5.27. The molecule has 0 radical (unpaired) electrons. The molecule has 0 atom stereocenters. The first-order valence-corrected chi connectivity index (χ1v) is 5.96. The molecule has 0 bridgehead atoms. The molecule has 0 aliphatic rings. The van der Waals surface area contributed by atoms with Crippen molar-refractivity contribution in [2.45, 2.75) is 6.92 Å². The van der Waals surface area contributed by atoms with Gasteiger partial charge in [-0.3, -0.25) is 4.79 Å². The van der Waals surface area contributed by atoms with Gasteiger partial charge in [0.05, 0.1) is 25.3 Å². The van der Waals surface area contributed by atoms with Crippen molar-refractivity contribution in [2.75, 3.05) is 0 Å². The van der Waals surface area contributed by atoms with Crippen molar-refractivity contribution in [3.05, 3.63) is 37.4 Å². The highest BCUT2D eigenvalue weighted by Crippen LogP contribution is 2.26. The van der Waals surface area contributed by atoms with E-state index in [0.29, 0.717) is 14.1 Å². The third-order valence-corrected chi connectivity index (χ3v) is 3.91. The van der Waals surface area contributed by atoms with E-state index in [2.05, 4.69) is 4.98 Å². The van der Waals surface area contributed by atoms with Crippen molar-refractivity contribution in [1.29, 1.82) is 0 Å². The first-order valence-electron chi connectivity index (χ1n) is 3.88. The number of hydrogen-bond acceptors (Lipinski definition) is 4. The Bertz CT molecular complexity index is 475. The van der Waals surface area contributed by atoms with Crippen molar-refractivity contribution in [2.24, 2.45) is 0 Å². The molecule has 2 aromatic heterocycles. The second kappa shape index (κ2) is 3.81. The van der Waals surface area contributed by atoms with Crippen LogP contribution in [0.4, 0.5) is 0 Å². The third-order valence-electron chi connectivity index (χ3n) is 1.75. The van der Waals surface area contributed by atoms with Crippen molar-refractivity contribution in [1.82, 2.24) is 4.98 Å². The summed E-state index contributed by atoms with van der Waals surface area (Å²) >= 11 is 8.42.